The molecule has 0 aliphatic carbocycles. The molecule has 1 unspecified atom stereocenters. The van der Waals surface area contributed by atoms with Gasteiger partial charge >= 0.3 is 0 Å². The highest BCUT2D eigenvalue weighted by Gasteiger charge is 2.33. The molecule has 1 saturated heterocycles. The van der Waals surface area contributed by atoms with Gasteiger partial charge in [-0.05, 0) is 43.2 Å². The second-order valence-corrected chi connectivity index (χ2v) is 8.63. The van der Waals surface area contributed by atoms with Crippen LogP contribution < -0.4 is 5.32 Å². The Bertz CT molecular complexity index is 896. The molecule has 2 aromatic rings. The Morgan fingerprint density at radius 2 is 2.00 bits per heavy atom. The van der Waals surface area contributed by atoms with Gasteiger partial charge in [-0.15, -0.1) is 0 Å². The van der Waals surface area contributed by atoms with Crippen molar-refractivity contribution in [2.45, 2.75) is 19.4 Å². The van der Waals surface area contributed by atoms with Gasteiger partial charge in [-0.3, -0.25) is 9.78 Å². The molecule has 1 aliphatic heterocycles. The van der Waals surface area contributed by atoms with Crippen LogP contribution in [-0.4, -0.2) is 48.8 Å². The molecule has 0 spiro atoms. The molecule has 1 N–H and O–H groups in total. The number of aryl methyl sites for hydroxylation is 1. The topological polar surface area (TPSA) is 79.4 Å². The number of nitrogens with one attached hydrogen (secondary N) is 1. The highest BCUT2D eigenvalue weighted by molar-refractivity contribution is 7.91. The van der Waals surface area contributed by atoms with Crippen molar-refractivity contribution in [2.24, 2.45) is 0 Å². The Morgan fingerprint density at radius 1 is 1.24 bits per heavy atom. The van der Waals surface area contributed by atoms with Crippen molar-refractivity contribution in [1.29, 1.82) is 0 Å². The molecule has 0 bridgehead atoms. The molecule has 0 saturated carbocycles. The summed E-state index contributed by atoms with van der Waals surface area (Å²) in [6.45, 7) is 2.01. The molecule has 0 radical (unpaired) electrons. The summed E-state index contributed by atoms with van der Waals surface area (Å²) in [7, 11) is -1.40. The van der Waals surface area contributed by atoms with Gasteiger partial charge < -0.3 is 10.2 Å². The number of amides is 1. The van der Waals surface area contributed by atoms with E-state index < -0.39 is 9.84 Å². The van der Waals surface area contributed by atoms with E-state index in [-0.39, 0.29) is 23.5 Å². The van der Waals surface area contributed by atoms with Crippen LogP contribution in [0.2, 0.25) is 0 Å². The maximum Gasteiger partial charge on any atom is 0.272 e. The zero-order chi connectivity index (χ0) is 18.0. The standard InChI is InChI=1S/C18H21N3O3S/c1-13-4-3-5-14(10-13)20-15-6-8-19-17(11-15)18(22)21(2)16-7-9-25(23,24)12-16/h3-6,8,10-11,16H,7,9,12H2,1-2H3,(H,19,20). The van der Waals surface area contributed by atoms with Crippen LogP contribution in [0.5, 0.6) is 0 Å². The fraction of sp³-hybridized carbons (Fsp3) is 0.333. The van der Waals surface area contributed by atoms with E-state index in [0.29, 0.717) is 12.1 Å². The molecule has 25 heavy (non-hydrogen) atoms. The summed E-state index contributed by atoms with van der Waals surface area (Å²) in [6, 6.07) is 11.1. The van der Waals surface area contributed by atoms with Crippen molar-refractivity contribution in [3.8, 4) is 0 Å². The number of anilines is 2. The Hall–Kier alpha value is -2.41. The van der Waals surface area contributed by atoms with E-state index in [1.807, 2.05) is 31.2 Å². The Kier molecular flexibility index (Phi) is 4.76. The number of sulfone groups is 1. The second kappa shape index (κ2) is 6.84. The molecule has 3 rings (SSSR count). The maximum absolute atomic E-state index is 12.6. The van der Waals surface area contributed by atoms with Crippen molar-refractivity contribution in [2.75, 3.05) is 23.9 Å². The average Bonchev–Trinajstić information content (AvgIpc) is 2.94. The third-order valence-corrected chi connectivity index (χ3v) is 6.11. The van der Waals surface area contributed by atoms with Gasteiger partial charge in [0.1, 0.15) is 5.69 Å². The first-order chi connectivity index (χ1) is 11.8. The first-order valence-electron chi connectivity index (χ1n) is 8.11. The van der Waals surface area contributed by atoms with E-state index in [9.17, 15) is 13.2 Å². The fourth-order valence-electron chi connectivity index (χ4n) is 2.94. The van der Waals surface area contributed by atoms with Crippen molar-refractivity contribution >= 4 is 27.1 Å². The van der Waals surface area contributed by atoms with Crippen LogP contribution in [-0.2, 0) is 9.84 Å². The van der Waals surface area contributed by atoms with Gasteiger partial charge in [0.15, 0.2) is 9.84 Å². The minimum atomic E-state index is -3.04. The van der Waals surface area contributed by atoms with Crippen molar-refractivity contribution in [1.82, 2.24) is 9.88 Å². The van der Waals surface area contributed by atoms with Gasteiger partial charge in [-0.25, -0.2) is 8.42 Å². The van der Waals surface area contributed by atoms with Gasteiger partial charge in [0.05, 0.1) is 11.5 Å². The smallest absolute Gasteiger partial charge is 0.272 e. The zero-order valence-electron chi connectivity index (χ0n) is 14.3. The molecule has 1 amide bonds. The number of nitrogens with zero attached hydrogens (tertiary/aromatic N) is 2. The summed E-state index contributed by atoms with van der Waals surface area (Å²) in [4.78, 5) is 18.3. The van der Waals surface area contributed by atoms with Crippen LogP contribution >= 0.6 is 0 Å². The molecule has 1 atom stereocenters. The molecule has 132 valence electrons. The monoisotopic (exact) mass is 359 g/mol. The van der Waals surface area contributed by atoms with E-state index in [1.54, 1.807) is 25.4 Å². The molecule has 1 aliphatic rings. The summed E-state index contributed by atoms with van der Waals surface area (Å²) in [6.07, 6.45) is 2.05. The van der Waals surface area contributed by atoms with Crippen LogP contribution in [0.4, 0.5) is 11.4 Å². The number of aromatic nitrogens is 1. The number of rotatable bonds is 4. The van der Waals surface area contributed by atoms with Crippen LogP contribution in [0.25, 0.3) is 0 Å². The highest BCUT2D eigenvalue weighted by atomic mass is 32.2. The normalized spacial score (nSPS) is 18.7. The third kappa shape index (κ3) is 4.17. The predicted octanol–water partition coefficient (Wildman–Crippen LogP) is 2.39. The van der Waals surface area contributed by atoms with E-state index in [0.717, 1.165) is 16.9 Å². The second-order valence-electron chi connectivity index (χ2n) is 6.40. The molecule has 1 aromatic heterocycles. The first kappa shape index (κ1) is 17.4. The number of carbonyl (C=O) groups is 1. The summed E-state index contributed by atoms with van der Waals surface area (Å²) in [5.74, 6) is -0.108. The van der Waals surface area contributed by atoms with E-state index in [2.05, 4.69) is 10.3 Å². The van der Waals surface area contributed by atoms with Crippen LogP contribution in [0, 0.1) is 6.92 Å². The molecule has 6 nitrogen and oxygen atoms in total. The van der Waals surface area contributed by atoms with Crippen LogP contribution in [0.15, 0.2) is 42.6 Å². The number of hydrogen-bond acceptors (Lipinski definition) is 5. The van der Waals surface area contributed by atoms with Crippen molar-refractivity contribution in [3.63, 3.8) is 0 Å². The predicted molar refractivity (Wildman–Crippen MR) is 97.9 cm³/mol. The highest BCUT2D eigenvalue weighted by Crippen LogP contribution is 2.21. The van der Waals surface area contributed by atoms with Gasteiger partial charge in [0.2, 0.25) is 0 Å². The molecule has 1 aromatic carbocycles. The lowest BCUT2D eigenvalue weighted by Crippen LogP contribution is -2.38. The quantitative estimate of drug-likeness (QED) is 0.907. The molecular weight excluding hydrogens is 338 g/mol. The number of carbonyl (C=O) groups excluding carboxylic acids is 1. The van der Waals surface area contributed by atoms with Gasteiger partial charge in [0.25, 0.3) is 5.91 Å². The molecular formula is C18H21N3O3S. The summed E-state index contributed by atoms with van der Waals surface area (Å²) in [5.41, 5.74) is 3.12. The van der Waals surface area contributed by atoms with Gasteiger partial charge in [0, 0.05) is 30.7 Å². The Morgan fingerprint density at radius 3 is 2.68 bits per heavy atom. The van der Waals surface area contributed by atoms with Crippen molar-refractivity contribution in [3.05, 3.63) is 53.9 Å². The minimum absolute atomic E-state index is 0.0243. The van der Waals surface area contributed by atoms with Crippen molar-refractivity contribution < 1.29 is 13.2 Å². The number of pyridine rings is 1. The van der Waals surface area contributed by atoms with Gasteiger partial charge in [-0.1, -0.05) is 12.1 Å². The SMILES string of the molecule is Cc1cccc(Nc2ccnc(C(=O)N(C)C3CCS(=O)(=O)C3)c2)c1. The first-order valence-corrected chi connectivity index (χ1v) is 9.93. The summed E-state index contributed by atoms with van der Waals surface area (Å²) >= 11 is 0. The van der Waals surface area contributed by atoms with Gasteiger partial charge in [-0.2, -0.15) is 0 Å². The van der Waals surface area contributed by atoms with E-state index >= 15 is 0 Å². The van der Waals surface area contributed by atoms with E-state index in [4.69, 9.17) is 0 Å². The van der Waals surface area contributed by atoms with Crippen LogP contribution in [0.3, 0.4) is 0 Å². The summed E-state index contributed by atoms with van der Waals surface area (Å²) < 4.78 is 23.3. The largest absolute Gasteiger partial charge is 0.355 e. The number of benzene rings is 1. The minimum Gasteiger partial charge on any atom is -0.355 e. The maximum atomic E-state index is 12.6. The molecule has 2 heterocycles. The molecule has 1 fully saturated rings. The summed E-state index contributed by atoms with van der Waals surface area (Å²) in [5, 5.41) is 3.25. The number of hydrogen-bond donors (Lipinski definition) is 1. The zero-order valence-corrected chi connectivity index (χ0v) is 15.1. The Balaban J connectivity index is 1.75. The van der Waals surface area contributed by atoms with Crippen LogP contribution in [0.1, 0.15) is 22.5 Å². The lowest BCUT2D eigenvalue weighted by atomic mass is 10.2. The fourth-order valence-corrected chi connectivity index (χ4v) is 4.72. The lowest BCUT2D eigenvalue weighted by Gasteiger charge is -2.23. The van der Waals surface area contributed by atoms with E-state index in [1.165, 1.54) is 4.90 Å². The molecule has 7 heteroatoms. The average molecular weight is 359 g/mol. The third-order valence-electron chi connectivity index (χ3n) is 4.36. The Labute approximate surface area is 147 Å². The lowest BCUT2D eigenvalue weighted by molar-refractivity contribution is 0.0742.